The van der Waals surface area contributed by atoms with Crippen LogP contribution in [-0.2, 0) is 11.3 Å². The standard InChI is InChI=1S/C24H36N4O3/c1-23(2,3)31-22(30)25-16-24(4,17-11-12-17)26-21(29)19-15-28(14-13-27(5)6)20-10-8-7-9-18(19)20/h7-10,15,17H,11-14,16H2,1-6H3,(H,25,30)(H,26,29). The fourth-order valence-electron chi connectivity index (χ4n) is 3.83. The first-order chi connectivity index (χ1) is 14.5. The third kappa shape index (κ3) is 6.00. The molecule has 0 spiro atoms. The van der Waals surface area contributed by atoms with Crippen LogP contribution in [0.1, 0.15) is 50.9 Å². The van der Waals surface area contributed by atoms with Gasteiger partial charge in [-0.2, -0.15) is 0 Å². The van der Waals surface area contributed by atoms with Gasteiger partial charge in [-0.3, -0.25) is 4.79 Å². The minimum atomic E-state index is -0.558. The second-order valence-electron chi connectivity index (χ2n) is 10.1. The number of ether oxygens (including phenoxy) is 1. The van der Waals surface area contributed by atoms with Crippen LogP contribution in [0.15, 0.2) is 30.5 Å². The topological polar surface area (TPSA) is 75.6 Å². The van der Waals surface area contributed by atoms with Gasteiger partial charge in [0.2, 0.25) is 0 Å². The van der Waals surface area contributed by atoms with E-state index >= 15 is 0 Å². The van der Waals surface area contributed by atoms with Gasteiger partial charge in [0.1, 0.15) is 5.60 Å². The number of hydrogen-bond acceptors (Lipinski definition) is 4. The van der Waals surface area contributed by atoms with Crippen LogP contribution in [-0.4, -0.2) is 59.8 Å². The Morgan fingerprint density at radius 2 is 1.84 bits per heavy atom. The summed E-state index contributed by atoms with van der Waals surface area (Å²) in [5, 5.41) is 7.02. The van der Waals surface area contributed by atoms with E-state index in [9.17, 15) is 9.59 Å². The number of para-hydroxylation sites is 1. The Morgan fingerprint density at radius 1 is 1.16 bits per heavy atom. The molecule has 7 heteroatoms. The molecule has 1 aromatic carbocycles. The third-order valence-corrected chi connectivity index (χ3v) is 5.70. The highest BCUT2D eigenvalue weighted by atomic mass is 16.6. The summed E-state index contributed by atoms with van der Waals surface area (Å²) in [4.78, 5) is 27.6. The lowest BCUT2D eigenvalue weighted by molar-refractivity contribution is 0.0502. The molecule has 0 saturated heterocycles. The molecular formula is C24H36N4O3. The van der Waals surface area contributed by atoms with Crippen LogP contribution < -0.4 is 10.6 Å². The number of likely N-dealkylation sites (N-methyl/N-ethyl adjacent to an activating group) is 1. The number of hydrogen-bond donors (Lipinski definition) is 2. The summed E-state index contributed by atoms with van der Waals surface area (Å²) in [5.74, 6) is 0.230. The summed E-state index contributed by atoms with van der Waals surface area (Å²) in [6, 6.07) is 7.99. The first-order valence-electron chi connectivity index (χ1n) is 11.0. The van der Waals surface area contributed by atoms with Crippen molar-refractivity contribution in [3.63, 3.8) is 0 Å². The number of carbonyl (C=O) groups excluding carboxylic acids is 2. The Bertz CT molecular complexity index is 940. The fourth-order valence-corrected chi connectivity index (χ4v) is 3.83. The molecule has 170 valence electrons. The summed E-state index contributed by atoms with van der Waals surface area (Å²) in [6.45, 7) is 9.53. The maximum Gasteiger partial charge on any atom is 0.407 e. The predicted molar refractivity (Wildman–Crippen MR) is 123 cm³/mol. The highest BCUT2D eigenvalue weighted by Crippen LogP contribution is 2.39. The molecule has 2 amide bonds. The second-order valence-corrected chi connectivity index (χ2v) is 10.1. The van der Waals surface area contributed by atoms with Crippen molar-refractivity contribution in [1.82, 2.24) is 20.1 Å². The number of benzene rings is 1. The molecule has 1 fully saturated rings. The van der Waals surface area contributed by atoms with Crippen molar-refractivity contribution >= 4 is 22.9 Å². The normalized spacial score (nSPS) is 16.2. The quantitative estimate of drug-likeness (QED) is 0.673. The molecule has 0 bridgehead atoms. The average Bonchev–Trinajstić information content (AvgIpc) is 3.46. The van der Waals surface area contributed by atoms with Crippen LogP contribution >= 0.6 is 0 Å². The first-order valence-corrected chi connectivity index (χ1v) is 11.0. The van der Waals surface area contributed by atoms with Crippen molar-refractivity contribution in [1.29, 1.82) is 0 Å². The van der Waals surface area contributed by atoms with E-state index in [1.165, 1.54) is 0 Å². The number of alkyl carbamates (subject to hydrolysis) is 1. The van der Waals surface area contributed by atoms with Gasteiger partial charge in [-0.25, -0.2) is 4.79 Å². The lowest BCUT2D eigenvalue weighted by Crippen LogP contribution is -2.55. The molecule has 2 N–H and O–H groups in total. The number of rotatable bonds is 8. The van der Waals surface area contributed by atoms with Gasteiger partial charge in [0.05, 0.1) is 11.1 Å². The monoisotopic (exact) mass is 428 g/mol. The van der Waals surface area contributed by atoms with Crippen LogP contribution in [0, 0.1) is 5.92 Å². The molecule has 1 atom stereocenters. The van der Waals surface area contributed by atoms with Crippen molar-refractivity contribution < 1.29 is 14.3 Å². The average molecular weight is 429 g/mol. The SMILES string of the molecule is CN(C)CCn1cc(C(=O)NC(C)(CNC(=O)OC(C)(C)C)C2CC2)c2ccccc21. The minimum Gasteiger partial charge on any atom is -0.444 e. The molecule has 31 heavy (non-hydrogen) atoms. The zero-order valence-electron chi connectivity index (χ0n) is 19.6. The highest BCUT2D eigenvalue weighted by Gasteiger charge is 2.43. The van der Waals surface area contributed by atoms with E-state index in [1.807, 2.05) is 72.3 Å². The number of nitrogens with one attached hydrogen (secondary N) is 2. The van der Waals surface area contributed by atoms with E-state index in [-0.39, 0.29) is 5.91 Å². The number of fused-ring (bicyclic) bond motifs is 1. The zero-order valence-corrected chi connectivity index (χ0v) is 19.6. The molecule has 1 unspecified atom stereocenters. The van der Waals surface area contributed by atoms with Crippen LogP contribution in [0.25, 0.3) is 10.9 Å². The highest BCUT2D eigenvalue weighted by molar-refractivity contribution is 6.07. The van der Waals surface area contributed by atoms with Crippen LogP contribution in [0.5, 0.6) is 0 Å². The van der Waals surface area contributed by atoms with Crippen LogP contribution in [0.4, 0.5) is 4.79 Å². The van der Waals surface area contributed by atoms with Gasteiger partial charge in [-0.1, -0.05) is 18.2 Å². The van der Waals surface area contributed by atoms with E-state index in [2.05, 4.69) is 20.1 Å². The molecule has 1 aromatic heterocycles. The molecule has 1 aliphatic carbocycles. The maximum absolute atomic E-state index is 13.4. The molecule has 0 aliphatic heterocycles. The summed E-state index contributed by atoms with van der Waals surface area (Å²) in [5.41, 5.74) is 0.631. The number of amides is 2. The van der Waals surface area contributed by atoms with Crippen molar-refractivity contribution in [3.8, 4) is 0 Å². The van der Waals surface area contributed by atoms with Gasteiger partial charge >= 0.3 is 6.09 Å². The van der Waals surface area contributed by atoms with Gasteiger partial charge in [0.25, 0.3) is 5.91 Å². The van der Waals surface area contributed by atoms with Gasteiger partial charge in [-0.15, -0.1) is 0 Å². The summed E-state index contributed by atoms with van der Waals surface area (Å²) < 4.78 is 7.50. The third-order valence-electron chi connectivity index (χ3n) is 5.70. The summed E-state index contributed by atoms with van der Waals surface area (Å²) in [7, 11) is 4.08. The Morgan fingerprint density at radius 3 is 2.45 bits per heavy atom. The summed E-state index contributed by atoms with van der Waals surface area (Å²) >= 11 is 0. The molecule has 1 aliphatic rings. The Hall–Kier alpha value is -2.54. The van der Waals surface area contributed by atoms with E-state index < -0.39 is 17.2 Å². The second kappa shape index (κ2) is 8.91. The lowest BCUT2D eigenvalue weighted by Gasteiger charge is -2.32. The van der Waals surface area contributed by atoms with E-state index in [0.717, 1.165) is 36.8 Å². The lowest BCUT2D eigenvalue weighted by atomic mass is 9.95. The van der Waals surface area contributed by atoms with Gasteiger partial charge < -0.3 is 24.8 Å². The van der Waals surface area contributed by atoms with E-state index in [1.54, 1.807) is 0 Å². The van der Waals surface area contributed by atoms with E-state index in [0.29, 0.717) is 18.0 Å². The van der Waals surface area contributed by atoms with Crippen molar-refractivity contribution in [2.75, 3.05) is 27.2 Å². The number of aromatic nitrogens is 1. The number of nitrogens with zero attached hydrogens (tertiary/aromatic N) is 2. The molecular weight excluding hydrogens is 392 g/mol. The molecule has 0 radical (unpaired) electrons. The van der Waals surface area contributed by atoms with Gasteiger partial charge in [0, 0.05) is 36.7 Å². The minimum absolute atomic E-state index is 0.111. The van der Waals surface area contributed by atoms with Crippen molar-refractivity contribution in [2.24, 2.45) is 5.92 Å². The largest absolute Gasteiger partial charge is 0.444 e. The van der Waals surface area contributed by atoms with Crippen molar-refractivity contribution in [3.05, 3.63) is 36.0 Å². The Balaban J connectivity index is 1.77. The molecule has 2 aromatic rings. The number of carbonyl (C=O) groups is 2. The fraction of sp³-hybridized carbons (Fsp3) is 0.583. The summed E-state index contributed by atoms with van der Waals surface area (Å²) in [6.07, 6.45) is 3.56. The Labute approximate surface area is 185 Å². The van der Waals surface area contributed by atoms with Crippen LogP contribution in [0.3, 0.4) is 0 Å². The van der Waals surface area contributed by atoms with Gasteiger partial charge in [-0.05, 0) is 66.6 Å². The molecule has 3 rings (SSSR count). The first kappa shape index (κ1) is 23.1. The maximum atomic E-state index is 13.4. The van der Waals surface area contributed by atoms with E-state index in [4.69, 9.17) is 4.74 Å². The molecule has 1 saturated carbocycles. The molecule has 1 heterocycles. The van der Waals surface area contributed by atoms with Gasteiger partial charge in [0.15, 0.2) is 0 Å². The Kier molecular flexibility index (Phi) is 6.65. The van der Waals surface area contributed by atoms with Crippen LogP contribution in [0.2, 0.25) is 0 Å². The smallest absolute Gasteiger partial charge is 0.407 e. The van der Waals surface area contributed by atoms with Crippen molar-refractivity contribution in [2.45, 2.75) is 58.2 Å². The zero-order chi connectivity index (χ0) is 22.8. The molecule has 7 nitrogen and oxygen atoms in total. The predicted octanol–water partition coefficient (Wildman–Crippen LogP) is 3.63.